The van der Waals surface area contributed by atoms with Gasteiger partial charge in [0.05, 0.1) is 6.61 Å². The predicted molar refractivity (Wildman–Crippen MR) is 187 cm³/mol. The van der Waals surface area contributed by atoms with Crippen molar-refractivity contribution in [2.45, 2.75) is 130 Å². The summed E-state index contributed by atoms with van der Waals surface area (Å²) in [7, 11) is 0. The van der Waals surface area contributed by atoms with Crippen molar-refractivity contribution in [1.29, 1.82) is 0 Å². The molecule has 0 radical (unpaired) electrons. The number of ether oxygens (including phenoxy) is 2. The van der Waals surface area contributed by atoms with E-state index in [2.05, 4.69) is 90.1 Å². The van der Waals surface area contributed by atoms with Gasteiger partial charge in [-0.05, 0) is 109 Å². The second-order valence-corrected chi connectivity index (χ2v) is 13.3. The van der Waals surface area contributed by atoms with Crippen LogP contribution in [0.25, 0.3) is 0 Å². The van der Waals surface area contributed by atoms with Gasteiger partial charge in [0.15, 0.2) is 6.29 Å². The van der Waals surface area contributed by atoms with Crippen LogP contribution in [0.1, 0.15) is 140 Å². The molecule has 2 aliphatic rings. The Morgan fingerprint density at radius 1 is 0.750 bits per heavy atom. The van der Waals surface area contributed by atoms with Crippen molar-refractivity contribution in [3.05, 3.63) is 95.1 Å². The van der Waals surface area contributed by atoms with Crippen LogP contribution in [0.15, 0.2) is 72.8 Å². The molecule has 1 fully saturated rings. The van der Waals surface area contributed by atoms with Crippen LogP contribution < -0.4 is 4.74 Å². The van der Waals surface area contributed by atoms with Gasteiger partial charge in [0.25, 0.3) is 0 Å². The first kappa shape index (κ1) is 35.7. The maximum atomic E-state index is 9.01. The molecule has 0 aliphatic heterocycles. The van der Waals surface area contributed by atoms with Crippen LogP contribution in [0.5, 0.6) is 11.5 Å². The van der Waals surface area contributed by atoms with Crippen molar-refractivity contribution in [2.75, 3.05) is 6.61 Å². The number of rotatable bonds is 10. The number of phenolic OH excluding ortho intramolecular Hbond substituents is 1. The van der Waals surface area contributed by atoms with E-state index in [4.69, 9.17) is 14.6 Å². The van der Waals surface area contributed by atoms with Gasteiger partial charge < -0.3 is 14.6 Å². The summed E-state index contributed by atoms with van der Waals surface area (Å²) in [5.41, 5.74) is 5.80. The molecule has 0 amide bonds. The fourth-order valence-corrected chi connectivity index (χ4v) is 6.25. The van der Waals surface area contributed by atoms with Crippen LogP contribution >= 0.6 is 0 Å². The number of hydrogen-bond donors (Lipinski definition) is 1. The molecule has 3 aromatic rings. The quantitative estimate of drug-likeness (QED) is 0.235. The molecule has 2 aliphatic carbocycles. The minimum absolute atomic E-state index is 0.168. The summed E-state index contributed by atoms with van der Waals surface area (Å²) in [6.07, 6.45) is 11.6. The molecule has 5 rings (SSSR count). The van der Waals surface area contributed by atoms with E-state index in [0.29, 0.717) is 17.6 Å². The molecule has 1 N–H and O–H groups in total. The van der Waals surface area contributed by atoms with Gasteiger partial charge in [-0.2, -0.15) is 0 Å². The maximum absolute atomic E-state index is 9.01. The highest BCUT2D eigenvalue weighted by Gasteiger charge is 2.24. The zero-order valence-electron chi connectivity index (χ0n) is 28.7. The topological polar surface area (TPSA) is 38.7 Å². The van der Waals surface area contributed by atoms with E-state index in [1.54, 1.807) is 23.3 Å². The lowest BCUT2D eigenvalue weighted by molar-refractivity contribution is -0.0711. The van der Waals surface area contributed by atoms with Crippen LogP contribution in [0.4, 0.5) is 0 Å². The summed E-state index contributed by atoms with van der Waals surface area (Å²) in [4.78, 5) is 0. The first-order valence-corrected chi connectivity index (χ1v) is 17.5. The maximum Gasteiger partial charge on any atom is 0.196 e. The van der Waals surface area contributed by atoms with Gasteiger partial charge in [0.1, 0.15) is 11.5 Å². The van der Waals surface area contributed by atoms with Crippen LogP contribution in [0.3, 0.4) is 0 Å². The summed E-state index contributed by atoms with van der Waals surface area (Å²) < 4.78 is 11.7. The Kier molecular flexibility index (Phi) is 15.3. The van der Waals surface area contributed by atoms with Crippen molar-refractivity contribution in [3.63, 3.8) is 0 Å². The third-order valence-corrected chi connectivity index (χ3v) is 9.98. The van der Waals surface area contributed by atoms with Crippen molar-refractivity contribution in [1.82, 2.24) is 0 Å². The van der Waals surface area contributed by atoms with Crippen LogP contribution in [-0.4, -0.2) is 18.0 Å². The molecule has 0 saturated heterocycles. The summed E-state index contributed by atoms with van der Waals surface area (Å²) in [6, 6.07) is 24.7. The molecule has 3 aromatic carbocycles. The van der Waals surface area contributed by atoms with Crippen molar-refractivity contribution in [3.8, 4) is 11.5 Å². The average molecular weight is 601 g/mol. The standard InChI is InChI=1S/C20H32O2.C11H14.C10H14O/c1-4-16(2)19-10-12-20(13-11-19)22-17(3)21-15-14-18-8-6-5-7-9-18;1-8-7-10-5-3-4-6-11(10)9(8)2;1-3-8(2)9-4-6-10(11)7-5-9/h10-13,16-18H,4-9,14-15H2,1-3H3;3-6,8-9H,7H2,1-2H3;4-8,11H,3H2,1-2H3. The van der Waals surface area contributed by atoms with Crippen molar-refractivity contribution < 1.29 is 14.6 Å². The van der Waals surface area contributed by atoms with E-state index in [9.17, 15) is 0 Å². The van der Waals surface area contributed by atoms with Gasteiger partial charge in [-0.25, -0.2) is 0 Å². The Hall–Kier alpha value is -2.78. The summed E-state index contributed by atoms with van der Waals surface area (Å²) in [6.45, 7) is 16.3. The fourth-order valence-electron chi connectivity index (χ4n) is 6.25. The monoisotopic (exact) mass is 600 g/mol. The first-order chi connectivity index (χ1) is 21.2. The molecule has 5 atom stereocenters. The molecule has 242 valence electrons. The van der Waals surface area contributed by atoms with E-state index < -0.39 is 0 Å². The van der Waals surface area contributed by atoms with Gasteiger partial charge in [0.2, 0.25) is 0 Å². The van der Waals surface area contributed by atoms with E-state index in [0.717, 1.165) is 36.5 Å². The minimum Gasteiger partial charge on any atom is -0.508 e. The Labute approximate surface area is 269 Å². The highest BCUT2D eigenvalue weighted by Crippen LogP contribution is 2.36. The molecule has 1 saturated carbocycles. The summed E-state index contributed by atoms with van der Waals surface area (Å²) in [5, 5.41) is 9.01. The number of phenols is 1. The fraction of sp³-hybridized carbons (Fsp3) is 0.561. The SMILES string of the molecule is CC1Cc2ccccc2C1C.CCC(C)c1ccc(O)cc1.CCC(C)c1ccc(OC(C)OCCC2CCCCC2)cc1. The molecule has 0 heterocycles. The zero-order valence-corrected chi connectivity index (χ0v) is 28.7. The zero-order chi connectivity index (χ0) is 31.9. The number of benzene rings is 3. The average Bonchev–Trinajstić information content (AvgIpc) is 3.35. The molecular formula is C41H60O3. The van der Waals surface area contributed by atoms with Crippen LogP contribution in [0, 0.1) is 11.8 Å². The van der Waals surface area contributed by atoms with Gasteiger partial charge in [-0.1, -0.05) is 122 Å². The van der Waals surface area contributed by atoms with E-state index >= 15 is 0 Å². The molecule has 44 heavy (non-hydrogen) atoms. The van der Waals surface area contributed by atoms with Crippen LogP contribution in [0.2, 0.25) is 0 Å². The molecule has 5 unspecified atom stereocenters. The lowest BCUT2D eigenvalue weighted by Gasteiger charge is -2.22. The molecule has 3 heteroatoms. The van der Waals surface area contributed by atoms with Crippen molar-refractivity contribution in [2.24, 2.45) is 11.8 Å². The molecule has 0 spiro atoms. The number of aromatic hydroxyl groups is 1. The lowest BCUT2D eigenvalue weighted by Crippen LogP contribution is -2.19. The largest absolute Gasteiger partial charge is 0.508 e. The smallest absolute Gasteiger partial charge is 0.196 e. The van der Waals surface area contributed by atoms with E-state index in [-0.39, 0.29) is 6.29 Å². The van der Waals surface area contributed by atoms with Crippen molar-refractivity contribution >= 4 is 0 Å². The Morgan fingerprint density at radius 3 is 1.89 bits per heavy atom. The number of fused-ring (bicyclic) bond motifs is 1. The molecule has 0 aromatic heterocycles. The lowest BCUT2D eigenvalue weighted by atomic mass is 9.87. The molecular weight excluding hydrogens is 540 g/mol. The number of hydrogen-bond acceptors (Lipinski definition) is 3. The third-order valence-electron chi connectivity index (χ3n) is 9.98. The van der Waals surface area contributed by atoms with Gasteiger partial charge in [-0.3, -0.25) is 0 Å². The Morgan fingerprint density at radius 2 is 1.32 bits per heavy atom. The highest BCUT2D eigenvalue weighted by atomic mass is 16.7. The summed E-state index contributed by atoms with van der Waals surface area (Å²) in [5.74, 6) is 4.93. The Bertz CT molecular complexity index is 1180. The minimum atomic E-state index is -0.168. The normalized spacial score (nSPS) is 19.8. The highest BCUT2D eigenvalue weighted by molar-refractivity contribution is 5.35. The molecule has 0 bridgehead atoms. The second kappa shape index (κ2) is 18.9. The van der Waals surface area contributed by atoms with Gasteiger partial charge in [-0.15, -0.1) is 0 Å². The van der Waals surface area contributed by atoms with Crippen LogP contribution in [-0.2, 0) is 11.2 Å². The molecule has 3 nitrogen and oxygen atoms in total. The third kappa shape index (κ3) is 11.6. The first-order valence-electron chi connectivity index (χ1n) is 17.5. The predicted octanol–water partition coefficient (Wildman–Crippen LogP) is 11.8. The summed E-state index contributed by atoms with van der Waals surface area (Å²) >= 11 is 0. The Balaban J connectivity index is 0.000000200. The van der Waals surface area contributed by atoms with E-state index in [1.807, 2.05) is 19.1 Å². The van der Waals surface area contributed by atoms with E-state index in [1.165, 1.54) is 62.5 Å². The second-order valence-electron chi connectivity index (χ2n) is 13.3. The van der Waals surface area contributed by atoms with Gasteiger partial charge in [0, 0.05) is 0 Å². The van der Waals surface area contributed by atoms with Gasteiger partial charge >= 0.3 is 0 Å².